The van der Waals surface area contributed by atoms with Crippen LogP contribution in [0.15, 0.2) is 47.3 Å². The zero-order chi connectivity index (χ0) is 18.1. The summed E-state index contributed by atoms with van der Waals surface area (Å²) in [7, 11) is 1.64. The minimum Gasteiger partial charge on any atom is -0.497 e. The van der Waals surface area contributed by atoms with E-state index in [2.05, 4.69) is 4.98 Å². The van der Waals surface area contributed by atoms with Crippen LogP contribution in [0.1, 0.15) is 12.8 Å². The van der Waals surface area contributed by atoms with E-state index in [1.807, 2.05) is 42.5 Å². The van der Waals surface area contributed by atoms with Gasteiger partial charge in [-0.2, -0.15) is 0 Å². The molecule has 1 atom stereocenters. The van der Waals surface area contributed by atoms with Crippen LogP contribution >= 0.6 is 0 Å². The van der Waals surface area contributed by atoms with Crippen molar-refractivity contribution in [2.45, 2.75) is 25.5 Å². The number of aromatic nitrogens is 2. The van der Waals surface area contributed by atoms with Crippen molar-refractivity contribution in [3.8, 4) is 16.9 Å². The van der Waals surface area contributed by atoms with Gasteiger partial charge in [0.05, 0.1) is 30.7 Å². The Labute approximate surface area is 151 Å². The van der Waals surface area contributed by atoms with Gasteiger partial charge in [0.25, 0.3) is 5.56 Å². The fraction of sp³-hybridized carbons (Fsp3) is 0.300. The lowest BCUT2D eigenvalue weighted by Crippen LogP contribution is -2.29. The molecule has 6 nitrogen and oxygen atoms in total. The van der Waals surface area contributed by atoms with Crippen molar-refractivity contribution in [3.05, 3.63) is 52.8 Å². The highest BCUT2D eigenvalue weighted by Crippen LogP contribution is 2.25. The van der Waals surface area contributed by atoms with Gasteiger partial charge in [-0.1, -0.05) is 18.2 Å². The topological polar surface area (TPSA) is 79.4 Å². The van der Waals surface area contributed by atoms with Gasteiger partial charge in [0.15, 0.2) is 0 Å². The third-order valence-corrected chi connectivity index (χ3v) is 4.82. The van der Waals surface area contributed by atoms with Gasteiger partial charge in [-0.3, -0.25) is 9.36 Å². The van der Waals surface area contributed by atoms with Crippen LogP contribution in [0.5, 0.6) is 5.75 Å². The van der Waals surface area contributed by atoms with Crippen LogP contribution < -0.4 is 16.0 Å². The summed E-state index contributed by atoms with van der Waals surface area (Å²) in [5.74, 6) is 1.03. The van der Waals surface area contributed by atoms with E-state index in [1.54, 1.807) is 7.11 Å². The Morgan fingerprint density at radius 1 is 1.23 bits per heavy atom. The maximum absolute atomic E-state index is 12.8. The number of nitrogens with zero attached hydrogens (tertiary/aromatic N) is 2. The Balaban J connectivity index is 1.73. The molecule has 2 N–H and O–H groups in total. The number of benzene rings is 2. The van der Waals surface area contributed by atoms with E-state index >= 15 is 0 Å². The molecule has 4 rings (SSSR count). The summed E-state index contributed by atoms with van der Waals surface area (Å²) >= 11 is 0. The molecule has 2 aromatic carbocycles. The van der Waals surface area contributed by atoms with Gasteiger partial charge in [0.2, 0.25) is 5.95 Å². The third kappa shape index (κ3) is 3.04. The second kappa shape index (κ2) is 6.80. The standard InChI is InChI=1S/C20H21N3O3/c1-25-15-7-4-13(5-8-15)14-6-9-17-18(11-14)22-20(21)23(19(17)24)12-16-3-2-10-26-16/h4-9,11,16H,2-3,10,12H2,1H3,(H2,21,22). The number of anilines is 1. The third-order valence-electron chi connectivity index (χ3n) is 4.82. The Morgan fingerprint density at radius 3 is 2.69 bits per heavy atom. The van der Waals surface area contributed by atoms with Crippen molar-refractivity contribution in [2.75, 3.05) is 19.5 Å². The maximum atomic E-state index is 12.8. The number of nitrogen functional groups attached to an aromatic ring is 1. The molecule has 0 saturated carbocycles. The average molecular weight is 351 g/mol. The summed E-state index contributed by atoms with van der Waals surface area (Å²) in [4.78, 5) is 17.3. The zero-order valence-corrected chi connectivity index (χ0v) is 14.6. The largest absolute Gasteiger partial charge is 0.497 e. The number of ether oxygens (including phenoxy) is 2. The summed E-state index contributed by atoms with van der Waals surface area (Å²) in [6.45, 7) is 1.19. The minimum absolute atomic E-state index is 0.0350. The van der Waals surface area contributed by atoms with Crippen molar-refractivity contribution in [3.63, 3.8) is 0 Å². The van der Waals surface area contributed by atoms with Crippen LogP contribution in [0.3, 0.4) is 0 Å². The quantitative estimate of drug-likeness (QED) is 0.782. The number of nitrogens with two attached hydrogens (primary N) is 1. The molecule has 0 radical (unpaired) electrons. The number of rotatable bonds is 4. The molecule has 0 aliphatic carbocycles. The molecule has 0 amide bonds. The summed E-state index contributed by atoms with van der Waals surface area (Å²) in [5.41, 5.74) is 8.55. The van der Waals surface area contributed by atoms with Crippen LogP contribution in [-0.4, -0.2) is 29.4 Å². The van der Waals surface area contributed by atoms with E-state index in [-0.39, 0.29) is 17.6 Å². The molecule has 3 aromatic rings. The second-order valence-corrected chi connectivity index (χ2v) is 6.48. The normalized spacial score (nSPS) is 16.9. The molecule has 1 aliphatic rings. The van der Waals surface area contributed by atoms with Crippen molar-refractivity contribution in [2.24, 2.45) is 0 Å². The number of methoxy groups -OCH3 is 1. The van der Waals surface area contributed by atoms with E-state index in [4.69, 9.17) is 15.2 Å². The highest BCUT2D eigenvalue weighted by Gasteiger charge is 2.19. The summed E-state index contributed by atoms with van der Waals surface area (Å²) in [6, 6.07) is 13.4. The first-order valence-electron chi connectivity index (χ1n) is 8.72. The van der Waals surface area contributed by atoms with E-state index in [0.717, 1.165) is 36.3 Å². The van der Waals surface area contributed by atoms with Crippen LogP contribution in [0.25, 0.3) is 22.0 Å². The Kier molecular flexibility index (Phi) is 4.34. The van der Waals surface area contributed by atoms with Crippen molar-refractivity contribution >= 4 is 16.9 Å². The number of fused-ring (bicyclic) bond motifs is 1. The van der Waals surface area contributed by atoms with Gasteiger partial charge in [0, 0.05) is 6.61 Å². The highest BCUT2D eigenvalue weighted by molar-refractivity contribution is 5.84. The Bertz CT molecular complexity index is 990. The predicted octanol–water partition coefficient (Wildman–Crippen LogP) is 2.83. The van der Waals surface area contributed by atoms with Crippen LogP contribution in [0.4, 0.5) is 5.95 Å². The Morgan fingerprint density at radius 2 is 2.00 bits per heavy atom. The van der Waals surface area contributed by atoms with E-state index in [9.17, 15) is 4.79 Å². The van der Waals surface area contributed by atoms with E-state index in [1.165, 1.54) is 4.57 Å². The summed E-state index contributed by atoms with van der Waals surface area (Å²) < 4.78 is 12.3. The molecule has 0 bridgehead atoms. The molecule has 1 saturated heterocycles. The van der Waals surface area contributed by atoms with Gasteiger partial charge >= 0.3 is 0 Å². The van der Waals surface area contributed by atoms with Crippen LogP contribution in [-0.2, 0) is 11.3 Å². The fourth-order valence-electron chi connectivity index (χ4n) is 3.37. The van der Waals surface area contributed by atoms with E-state index < -0.39 is 0 Å². The fourth-order valence-corrected chi connectivity index (χ4v) is 3.37. The number of hydrogen-bond donors (Lipinski definition) is 1. The monoisotopic (exact) mass is 351 g/mol. The molecular weight excluding hydrogens is 330 g/mol. The summed E-state index contributed by atoms with van der Waals surface area (Å²) in [5, 5.41) is 0.564. The van der Waals surface area contributed by atoms with Gasteiger partial charge in [-0.05, 0) is 48.2 Å². The van der Waals surface area contributed by atoms with Gasteiger partial charge in [-0.25, -0.2) is 4.98 Å². The molecule has 1 aromatic heterocycles. The lowest BCUT2D eigenvalue weighted by Gasteiger charge is -2.14. The molecular formula is C20H21N3O3. The van der Waals surface area contributed by atoms with E-state index in [0.29, 0.717) is 17.4 Å². The molecule has 1 fully saturated rings. The Hall–Kier alpha value is -2.86. The smallest absolute Gasteiger partial charge is 0.262 e. The van der Waals surface area contributed by atoms with Crippen molar-refractivity contribution in [1.82, 2.24) is 9.55 Å². The second-order valence-electron chi connectivity index (χ2n) is 6.48. The molecule has 0 spiro atoms. The first kappa shape index (κ1) is 16.6. The highest BCUT2D eigenvalue weighted by atomic mass is 16.5. The summed E-state index contributed by atoms with van der Waals surface area (Å²) in [6.07, 6.45) is 2.00. The number of hydrogen-bond acceptors (Lipinski definition) is 5. The van der Waals surface area contributed by atoms with Gasteiger partial charge in [0.1, 0.15) is 5.75 Å². The first-order valence-corrected chi connectivity index (χ1v) is 8.72. The first-order chi connectivity index (χ1) is 12.7. The van der Waals surface area contributed by atoms with Gasteiger partial charge < -0.3 is 15.2 Å². The lowest BCUT2D eigenvalue weighted by molar-refractivity contribution is 0.0966. The van der Waals surface area contributed by atoms with Crippen LogP contribution in [0.2, 0.25) is 0 Å². The molecule has 1 aliphatic heterocycles. The average Bonchev–Trinajstić information content (AvgIpc) is 3.18. The molecule has 26 heavy (non-hydrogen) atoms. The van der Waals surface area contributed by atoms with Crippen molar-refractivity contribution in [1.29, 1.82) is 0 Å². The predicted molar refractivity (Wildman–Crippen MR) is 101 cm³/mol. The van der Waals surface area contributed by atoms with Crippen LogP contribution in [0, 0.1) is 0 Å². The zero-order valence-electron chi connectivity index (χ0n) is 14.6. The molecule has 2 heterocycles. The molecule has 134 valence electrons. The van der Waals surface area contributed by atoms with Gasteiger partial charge in [-0.15, -0.1) is 0 Å². The SMILES string of the molecule is COc1ccc(-c2ccc3c(=O)n(CC4CCCO4)c(N)nc3c2)cc1. The lowest BCUT2D eigenvalue weighted by atomic mass is 10.0. The molecule has 6 heteroatoms. The van der Waals surface area contributed by atoms with Crippen molar-refractivity contribution < 1.29 is 9.47 Å². The maximum Gasteiger partial charge on any atom is 0.262 e. The minimum atomic E-state index is -0.121. The molecule has 1 unspecified atom stereocenters.